The zero-order valence-corrected chi connectivity index (χ0v) is 18.0. The number of rotatable bonds is 9. The van der Waals surface area contributed by atoms with Crippen LogP contribution in [0.25, 0.3) is 5.69 Å². The van der Waals surface area contributed by atoms with Gasteiger partial charge in [0.2, 0.25) is 5.91 Å². The molecular weight excluding hydrogens is 400 g/mol. The van der Waals surface area contributed by atoms with Crippen molar-refractivity contribution >= 4 is 15.7 Å². The highest BCUT2D eigenvalue weighted by atomic mass is 32.2. The Morgan fingerprint density at radius 2 is 1.80 bits per heavy atom. The first kappa shape index (κ1) is 21.7. The van der Waals surface area contributed by atoms with E-state index in [1.54, 1.807) is 18.1 Å². The molecule has 0 radical (unpaired) electrons. The minimum absolute atomic E-state index is 0.00244. The third-order valence-electron chi connectivity index (χ3n) is 5.14. The number of sulfone groups is 1. The molecular formula is C22H26N4O3S. The van der Waals surface area contributed by atoms with Gasteiger partial charge in [0, 0.05) is 7.05 Å². The Kier molecular flexibility index (Phi) is 6.99. The molecule has 7 nitrogen and oxygen atoms in total. The van der Waals surface area contributed by atoms with E-state index >= 15 is 0 Å². The van der Waals surface area contributed by atoms with Gasteiger partial charge in [-0.1, -0.05) is 42.5 Å². The van der Waals surface area contributed by atoms with Gasteiger partial charge in [0.05, 0.1) is 17.5 Å². The number of hydrogen-bond donors (Lipinski definition) is 0. The quantitative estimate of drug-likeness (QED) is 0.525. The highest BCUT2D eigenvalue weighted by Crippen LogP contribution is 2.21. The van der Waals surface area contributed by atoms with E-state index < -0.39 is 21.5 Å². The Morgan fingerprint density at radius 3 is 2.43 bits per heavy atom. The van der Waals surface area contributed by atoms with Crippen molar-refractivity contribution in [2.45, 2.75) is 25.8 Å². The molecule has 0 bridgehead atoms. The number of hydrogen-bond acceptors (Lipinski definition) is 5. The average Bonchev–Trinajstić information content (AvgIpc) is 3.28. The van der Waals surface area contributed by atoms with E-state index in [9.17, 15) is 13.2 Å². The van der Waals surface area contributed by atoms with Crippen LogP contribution in [0, 0.1) is 0 Å². The van der Waals surface area contributed by atoms with E-state index in [-0.39, 0.29) is 11.8 Å². The number of nitrogens with zero attached hydrogens (tertiary/aromatic N) is 4. The van der Waals surface area contributed by atoms with Crippen LogP contribution in [0.2, 0.25) is 0 Å². The fraction of sp³-hybridized carbons (Fsp3) is 0.318. The lowest BCUT2D eigenvalue weighted by Gasteiger charge is -2.25. The normalized spacial score (nSPS) is 12.5. The van der Waals surface area contributed by atoms with Gasteiger partial charge in [-0.3, -0.25) is 4.79 Å². The highest BCUT2D eigenvalue weighted by molar-refractivity contribution is 7.92. The van der Waals surface area contributed by atoms with Crippen LogP contribution in [-0.4, -0.2) is 52.5 Å². The van der Waals surface area contributed by atoms with Crippen LogP contribution in [-0.2, 0) is 21.1 Å². The maximum Gasteiger partial charge on any atom is 0.238 e. The molecule has 1 amide bonds. The Bertz CT molecular complexity index is 1050. The molecule has 0 aliphatic carbocycles. The lowest BCUT2D eigenvalue weighted by molar-refractivity contribution is -0.129. The molecule has 3 aromatic rings. The SMILES string of the molecule is CC(c1ccc(-n2cncn2)cc1)N(C)C(=O)CS(=O)(=O)CCCc1ccccc1. The molecule has 1 heterocycles. The first-order chi connectivity index (χ1) is 14.4. The number of carbonyl (C=O) groups excluding carboxylic acids is 1. The van der Waals surface area contributed by atoms with Crippen LogP contribution < -0.4 is 0 Å². The molecule has 1 atom stereocenters. The topological polar surface area (TPSA) is 85.2 Å². The first-order valence-corrected chi connectivity index (χ1v) is 11.6. The van der Waals surface area contributed by atoms with Crippen molar-refractivity contribution in [2.75, 3.05) is 18.6 Å². The van der Waals surface area contributed by atoms with Crippen molar-refractivity contribution in [1.29, 1.82) is 0 Å². The van der Waals surface area contributed by atoms with Crippen LogP contribution in [0.1, 0.15) is 30.5 Å². The Labute approximate surface area is 177 Å². The fourth-order valence-corrected chi connectivity index (χ4v) is 4.50. The van der Waals surface area contributed by atoms with Gasteiger partial charge in [-0.05, 0) is 43.0 Å². The predicted octanol–water partition coefficient (Wildman–Crippen LogP) is 2.83. The van der Waals surface area contributed by atoms with Crippen molar-refractivity contribution in [3.8, 4) is 5.69 Å². The van der Waals surface area contributed by atoms with Gasteiger partial charge < -0.3 is 4.90 Å². The fourth-order valence-electron chi connectivity index (χ4n) is 3.19. The minimum Gasteiger partial charge on any atom is -0.338 e. The van der Waals surface area contributed by atoms with Gasteiger partial charge in [0.15, 0.2) is 9.84 Å². The average molecular weight is 427 g/mol. The van der Waals surface area contributed by atoms with Crippen LogP contribution in [0.5, 0.6) is 0 Å². The zero-order valence-electron chi connectivity index (χ0n) is 17.2. The summed E-state index contributed by atoms with van der Waals surface area (Å²) in [5.74, 6) is -0.871. The standard InChI is InChI=1S/C22H26N4O3S/c1-18(20-10-12-21(13-11-20)26-17-23-16-24-26)25(2)22(27)15-30(28,29)14-6-9-19-7-4-3-5-8-19/h3-5,7-8,10-13,16-18H,6,9,14-15H2,1-2H3. The van der Waals surface area contributed by atoms with Crippen molar-refractivity contribution < 1.29 is 13.2 Å². The summed E-state index contributed by atoms with van der Waals surface area (Å²) in [6.45, 7) is 1.88. The summed E-state index contributed by atoms with van der Waals surface area (Å²) in [6.07, 6.45) is 4.25. The molecule has 1 aromatic heterocycles. The second-order valence-corrected chi connectivity index (χ2v) is 9.48. The van der Waals surface area contributed by atoms with Crippen LogP contribution >= 0.6 is 0 Å². The third kappa shape index (κ3) is 5.76. The molecule has 0 spiro atoms. The summed E-state index contributed by atoms with van der Waals surface area (Å²) < 4.78 is 26.5. The monoisotopic (exact) mass is 426 g/mol. The molecule has 0 saturated heterocycles. The molecule has 3 rings (SSSR count). The van der Waals surface area contributed by atoms with E-state index in [2.05, 4.69) is 10.1 Å². The minimum atomic E-state index is -3.46. The number of carbonyl (C=O) groups is 1. The Hall–Kier alpha value is -3.00. The van der Waals surface area contributed by atoms with Crippen LogP contribution in [0.3, 0.4) is 0 Å². The second kappa shape index (κ2) is 9.67. The van der Waals surface area contributed by atoms with Crippen molar-refractivity contribution in [2.24, 2.45) is 0 Å². The Balaban J connectivity index is 1.54. The maximum absolute atomic E-state index is 12.6. The maximum atomic E-state index is 12.6. The van der Waals surface area contributed by atoms with E-state index in [0.717, 1.165) is 16.8 Å². The molecule has 0 aliphatic heterocycles. The highest BCUT2D eigenvalue weighted by Gasteiger charge is 2.23. The molecule has 0 fully saturated rings. The van der Waals surface area contributed by atoms with E-state index in [1.165, 1.54) is 11.2 Å². The van der Waals surface area contributed by atoms with Gasteiger partial charge in [0.1, 0.15) is 18.4 Å². The molecule has 0 aliphatic rings. The molecule has 8 heteroatoms. The van der Waals surface area contributed by atoms with Gasteiger partial charge >= 0.3 is 0 Å². The molecule has 0 saturated carbocycles. The first-order valence-electron chi connectivity index (χ1n) is 9.81. The van der Waals surface area contributed by atoms with Crippen LogP contribution in [0.4, 0.5) is 0 Å². The van der Waals surface area contributed by atoms with Gasteiger partial charge in [-0.15, -0.1) is 0 Å². The van der Waals surface area contributed by atoms with Crippen molar-refractivity contribution in [3.05, 3.63) is 78.4 Å². The lowest BCUT2D eigenvalue weighted by Crippen LogP contribution is -2.35. The van der Waals surface area contributed by atoms with E-state index in [4.69, 9.17) is 0 Å². The molecule has 0 N–H and O–H groups in total. The summed E-state index contributed by atoms with van der Waals surface area (Å²) >= 11 is 0. The van der Waals surface area contributed by atoms with Gasteiger partial charge in [-0.2, -0.15) is 5.10 Å². The number of aromatic nitrogens is 3. The summed E-state index contributed by atoms with van der Waals surface area (Å²) in [5.41, 5.74) is 2.87. The summed E-state index contributed by atoms with van der Waals surface area (Å²) in [4.78, 5) is 18.0. The molecule has 2 aromatic carbocycles. The molecule has 1 unspecified atom stereocenters. The van der Waals surface area contributed by atoms with Crippen molar-refractivity contribution in [1.82, 2.24) is 19.7 Å². The summed E-state index contributed by atoms with van der Waals surface area (Å²) in [5, 5.41) is 4.08. The predicted molar refractivity (Wildman–Crippen MR) is 116 cm³/mol. The Morgan fingerprint density at radius 1 is 1.10 bits per heavy atom. The largest absolute Gasteiger partial charge is 0.338 e. The van der Waals surface area contributed by atoms with E-state index in [1.807, 2.05) is 61.5 Å². The number of amides is 1. The van der Waals surface area contributed by atoms with E-state index in [0.29, 0.717) is 12.8 Å². The molecule has 30 heavy (non-hydrogen) atoms. The zero-order chi connectivity index (χ0) is 21.6. The summed E-state index contributed by atoms with van der Waals surface area (Å²) in [6, 6.07) is 17.1. The smallest absolute Gasteiger partial charge is 0.238 e. The lowest BCUT2D eigenvalue weighted by atomic mass is 10.1. The van der Waals surface area contributed by atoms with Gasteiger partial charge in [-0.25, -0.2) is 18.1 Å². The second-order valence-electron chi connectivity index (χ2n) is 7.29. The van der Waals surface area contributed by atoms with Crippen LogP contribution in [0.15, 0.2) is 67.3 Å². The summed E-state index contributed by atoms with van der Waals surface area (Å²) in [7, 11) is -1.82. The van der Waals surface area contributed by atoms with Crippen molar-refractivity contribution in [3.63, 3.8) is 0 Å². The number of aryl methyl sites for hydroxylation is 1. The number of benzene rings is 2. The molecule has 158 valence electrons. The third-order valence-corrected chi connectivity index (χ3v) is 6.74. The van der Waals surface area contributed by atoms with Gasteiger partial charge in [0.25, 0.3) is 0 Å².